The highest BCUT2D eigenvalue weighted by Crippen LogP contribution is 2.30. The molecule has 0 atom stereocenters. The molecule has 0 radical (unpaired) electrons. The molecule has 1 aromatic heterocycles. The maximum absolute atomic E-state index is 11.4. The lowest BCUT2D eigenvalue weighted by atomic mass is 10.3. The number of anilines is 4. The molecule has 160 valence electrons. The Morgan fingerprint density at radius 1 is 1.03 bits per heavy atom. The van der Waals surface area contributed by atoms with Crippen LogP contribution in [0.4, 0.5) is 23.0 Å². The van der Waals surface area contributed by atoms with Crippen molar-refractivity contribution in [2.75, 3.05) is 21.6 Å². The Labute approximate surface area is 185 Å². The Balaban J connectivity index is 1.70. The Hall–Kier alpha value is -3.37. The second kappa shape index (κ2) is 9.63. The number of benzene rings is 2. The fourth-order valence-corrected chi connectivity index (χ4v) is 3.87. The van der Waals surface area contributed by atoms with Crippen molar-refractivity contribution in [2.45, 2.75) is 16.8 Å². The van der Waals surface area contributed by atoms with E-state index in [0.717, 1.165) is 27.4 Å². The van der Waals surface area contributed by atoms with Crippen molar-refractivity contribution in [3.63, 3.8) is 0 Å². The molecule has 0 fully saturated rings. The van der Waals surface area contributed by atoms with Crippen molar-refractivity contribution in [3.05, 3.63) is 72.9 Å². The van der Waals surface area contributed by atoms with E-state index in [1.807, 2.05) is 31.2 Å². The molecule has 8 nitrogen and oxygen atoms in total. The zero-order valence-corrected chi connectivity index (χ0v) is 18.5. The van der Waals surface area contributed by atoms with Crippen molar-refractivity contribution in [1.29, 1.82) is 0 Å². The van der Waals surface area contributed by atoms with Gasteiger partial charge >= 0.3 is 0 Å². The first-order valence-corrected chi connectivity index (χ1v) is 11.8. The van der Waals surface area contributed by atoms with Crippen LogP contribution in [0.1, 0.15) is 5.56 Å². The summed E-state index contributed by atoms with van der Waals surface area (Å²) >= 11 is 1.48. The first-order chi connectivity index (χ1) is 14.7. The second-order valence-electron chi connectivity index (χ2n) is 6.58. The van der Waals surface area contributed by atoms with E-state index in [4.69, 9.17) is 0 Å². The molecule has 0 bridgehead atoms. The summed E-state index contributed by atoms with van der Waals surface area (Å²) < 4.78 is 25.0. The Bertz CT molecular complexity index is 1190. The molecule has 0 spiro atoms. The van der Waals surface area contributed by atoms with Gasteiger partial charge in [0.05, 0.1) is 6.26 Å². The van der Waals surface area contributed by atoms with Gasteiger partial charge in [-0.05, 0) is 61.5 Å². The van der Waals surface area contributed by atoms with Gasteiger partial charge in [-0.3, -0.25) is 9.52 Å². The van der Waals surface area contributed by atoms with E-state index >= 15 is 0 Å². The Kier molecular flexibility index (Phi) is 6.93. The Morgan fingerprint density at radius 3 is 2.26 bits per heavy atom. The molecule has 3 N–H and O–H groups in total. The Morgan fingerprint density at radius 2 is 1.65 bits per heavy atom. The van der Waals surface area contributed by atoms with Crippen LogP contribution in [-0.4, -0.2) is 30.5 Å². The molecule has 3 rings (SSSR count). The van der Waals surface area contributed by atoms with Gasteiger partial charge in [-0.2, -0.15) is 0 Å². The summed E-state index contributed by atoms with van der Waals surface area (Å²) in [6, 6.07) is 14.2. The molecule has 0 unspecified atom stereocenters. The molecule has 0 aliphatic rings. The molecule has 2 aromatic carbocycles. The lowest BCUT2D eigenvalue weighted by Gasteiger charge is -2.10. The van der Waals surface area contributed by atoms with Gasteiger partial charge in [0.15, 0.2) is 0 Å². The zero-order valence-electron chi connectivity index (χ0n) is 16.9. The van der Waals surface area contributed by atoms with Crippen molar-refractivity contribution >= 4 is 50.7 Å². The smallest absolute Gasteiger partial charge is 0.247 e. The number of carbonyl (C=O) groups is 1. The highest BCUT2D eigenvalue weighted by molar-refractivity contribution is 7.99. The van der Waals surface area contributed by atoms with Gasteiger partial charge in [-0.25, -0.2) is 18.4 Å². The summed E-state index contributed by atoms with van der Waals surface area (Å²) in [5.74, 6) is 0.162. The minimum atomic E-state index is -3.32. The van der Waals surface area contributed by atoms with E-state index < -0.39 is 10.0 Å². The average Bonchev–Trinajstić information content (AvgIpc) is 2.72. The topological polar surface area (TPSA) is 113 Å². The monoisotopic (exact) mass is 455 g/mol. The molecule has 10 heteroatoms. The van der Waals surface area contributed by atoms with Gasteiger partial charge in [-0.15, -0.1) is 0 Å². The predicted molar refractivity (Wildman–Crippen MR) is 124 cm³/mol. The van der Waals surface area contributed by atoms with Crippen LogP contribution in [-0.2, 0) is 14.8 Å². The molecule has 0 aliphatic heterocycles. The summed E-state index contributed by atoms with van der Waals surface area (Å²) in [5.41, 5.74) is 2.81. The minimum absolute atomic E-state index is 0.261. The predicted octanol–water partition coefficient (Wildman–Crippen LogP) is 4.18. The standard InChI is InChI=1S/C21H21N5O3S2/c1-4-19(27)23-15-9-11-18(12-10-15)30-20-14(2)13-22-21(25-20)24-16-5-7-17(8-6-16)26-31(3,28)29/h4-13,26H,1H2,2-3H3,(H,23,27)(H,22,24,25). The number of amides is 1. The third-order valence-corrected chi connectivity index (χ3v) is 5.61. The number of carbonyl (C=O) groups excluding carboxylic acids is 1. The van der Waals surface area contributed by atoms with Crippen molar-refractivity contribution in [2.24, 2.45) is 0 Å². The number of rotatable bonds is 8. The van der Waals surface area contributed by atoms with E-state index in [1.165, 1.54) is 17.8 Å². The fraction of sp³-hybridized carbons (Fsp3) is 0.0952. The third-order valence-electron chi connectivity index (χ3n) is 3.89. The minimum Gasteiger partial charge on any atom is -0.324 e. The van der Waals surface area contributed by atoms with Crippen LogP contribution in [0.25, 0.3) is 0 Å². The average molecular weight is 456 g/mol. The lowest BCUT2D eigenvalue weighted by Crippen LogP contribution is -2.09. The van der Waals surface area contributed by atoms with Crippen LogP contribution in [0.15, 0.2) is 77.3 Å². The zero-order chi connectivity index (χ0) is 22.4. The maximum atomic E-state index is 11.4. The normalized spacial score (nSPS) is 10.9. The van der Waals surface area contributed by atoms with Crippen LogP contribution >= 0.6 is 11.8 Å². The summed E-state index contributed by atoms with van der Waals surface area (Å²) in [6.45, 7) is 5.36. The first-order valence-electron chi connectivity index (χ1n) is 9.12. The number of nitrogens with zero attached hydrogens (tertiary/aromatic N) is 2. The summed E-state index contributed by atoms with van der Waals surface area (Å²) in [6.07, 6.45) is 4.05. The number of nitrogens with one attached hydrogen (secondary N) is 3. The van der Waals surface area contributed by atoms with Crippen LogP contribution in [0, 0.1) is 6.92 Å². The molecule has 0 saturated carbocycles. The van der Waals surface area contributed by atoms with Crippen LogP contribution < -0.4 is 15.4 Å². The number of aromatic nitrogens is 2. The fourth-order valence-electron chi connectivity index (χ4n) is 2.47. The largest absolute Gasteiger partial charge is 0.324 e. The van der Waals surface area contributed by atoms with Gasteiger partial charge < -0.3 is 10.6 Å². The number of aryl methyl sites for hydroxylation is 1. The molecular formula is C21H21N5O3S2. The van der Waals surface area contributed by atoms with Crippen molar-refractivity contribution < 1.29 is 13.2 Å². The van der Waals surface area contributed by atoms with Crippen molar-refractivity contribution in [1.82, 2.24) is 9.97 Å². The van der Waals surface area contributed by atoms with Gasteiger partial charge in [0.2, 0.25) is 21.9 Å². The summed E-state index contributed by atoms with van der Waals surface area (Å²) in [4.78, 5) is 21.2. The van der Waals surface area contributed by atoms with Gasteiger partial charge in [0, 0.05) is 33.7 Å². The third kappa shape index (κ3) is 6.83. The quantitative estimate of drug-likeness (QED) is 0.345. The molecule has 31 heavy (non-hydrogen) atoms. The number of hydrogen-bond acceptors (Lipinski definition) is 7. The first kappa shape index (κ1) is 22.3. The van der Waals surface area contributed by atoms with E-state index in [0.29, 0.717) is 17.3 Å². The molecule has 1 heterocycles. The van der Waals surface area contributed by atoms with E-state index in [2.05, 4.69) is 31.9 Å². The summed E-state index contributed by atoms with van der Waals surface area (Å²) in [5, 5.41) is 6.61. The number of hydrogen-bond donors (Lipinski definition) is 3. The number of sulfonamides is 1. The van der Waals surface area contributed by atoms with Gasteiger partial charge in [0.25, 0.3) is 0 Å². The highest BCUT2D eigenvalue weighted by Gasteiger charge is 2.08. The SMILES string of the molecule is C=CC(=O)Nc1ccc(Sc2nc(Nc3ccc(NS(C)(=O)=O)cc3)ncc2C)cc1. The van der Waals surface area contributed by atoms with Gasteiger partial charge in [-0.1, -0.05) is 18.3 Å². The molecule has 0 saturated heterocycles. The molecule has 0 aliphatic carbocycles. The van der Waals surface area contributed by atoms with Crippen LogP contribution in [0.3, 0.4) is 0 Å². The maximum Gasteiger partial charge on any atom is 0.247 e. The van der Waals surface area contributed by atoms with E-state index in [9.17, 15) is 13.2 Å². The van der Waals surface area contributed by atoms with Gasteiger partial charge in [0.1, 0.15) is 5.03 Å². The van der Waals surface area contributed by atoms with Crippen LogP contribution in [0.5, 0.6) is 0 Å². The van der Waals surface area contributed by atoms with Crippen molar-refractivity contribution in [3.8, 4) is 0 Å². The van der Waals surface area contributed by atoms with E-state index in [-0.39, 0.29) is 5.91 Å². The highest BCUT2D eigenvalue weighted by atomic mass is 32.2. The molecule has 1 amide bonds. The van der Waals surface area contributed by atoms with E-state index in [1.54, 1.807) is 30.5 Å². The van der Waals surface area contributed by atoms with Crippen LogP contribution in [0.2, 0.25) is 0 Å². The molecular weight excluding hydrogens is 434 g/mol. The summed E-state index contributed by atoms with van der Waals surface area (Å²) in [7, 11) is -3.32. The second-order valence-corrected chi connectivity index (χ2v) is 9.39. The lowest BCUT2D eigenvalue weighted by molar-refractivity contribution is -0.111. The molecule has 3 aromatic rings.